The predicted octanol–water partition coefficient (Wildman–Crippen LogP) is 4.39. The lowest BCUT2D eigenvalue weighted by molar-refractivity contribution is -0.116. The van der Waals surface area contributed by atoms with Gasteiger partial charge in [-0.2, -0.15) is 10.1 Å². The number of rotatable bonds is 9. The Morgan fingerprint density at radius 3 is 2.77 bits per heavy atom. The highest BCUT2D eigenvalue weighted by Gasteiger charge is 2.24. The van der Waals surface area contributed by atoms with E-state index in [0.29, 0.717) is 40.2 Å². The van der Waals surface area contributed by atoms with E-state index in [2.05, 4.69) is 32.5 Å². The van der Waals surface area contributed by atoms with Gasteiger partial charge in [-0.1, -0.05) is 28.9 Å². The second-order valence-corrected chi connectivity index (χ2v) is 8.05. The zero-order valence-corrected chi connectivity index (χ0v) is 20.0. The van der Waals surface area contributed by atoms with E-state index in [1.165, 1.54) is 4.68 Å². The van der Waals surface area contributed by atoms with Crippen LogP contribution in [0.5, 0.6) is 5.75 Å². The Kier molecular flexibility index (Phi) is 7.02. The van der Waals surface area contributed by atoms with E-state index < -0.39 is 0 Å². The fraction of sp³-hybridized carbons (Fsp3) is 0.167. The van der Waals surface area contributed by atoms with Crippen LogP contribution in [-0.4, -0.2) is 39.5 Å². The molecule has 0 radical (unpaired) electrons. The van der Waals surface area contributed by atoms with Gasteiger partial charge in [-0.15, -0.1) is 6.58 Å². The number of carbonyl (C=O) groups excluding carboxylic acids is 1. The summed E-state index contributed by atoms with van der Waals surface area (Å²) in [7, 11) is 1.54. The summed E-state index contributed by atoms with van der Waals surface area (Å²) in [6.45, 7) is 5.90. The minimum Gasteiger partial charge on any atom is -0.495 e. The Bertz CT molecular complexity index is 1360. The molecule has 0 saturated carbocycles. The van der Waals surface area contributed by atoms with Gasteiger partial charge in [0.25, 0.3) is 5.89 Å². The van der Waals surface area contributed by atoms with Crippen molar-refractivity contribution < 1.29 is 14.1 Å². The molecule has 0 fully saturated rings. The summed E-state index contributed by atoms with van der Waals surface area (Å²) in [5.74, 6) is 1.31. The van der Waals surface area contributed by atoms with Crippen LogP contribution in [0.3, 0.4) is 0 Å². The van der Waals surface area contributed by atoms with Crippen LogP contribution >= 0.6 is 11.6 Å². The first-order valence-corrected chi connectivity index (χ1v) is 11.0. The Labute approximate surface area is 206 Å². The molecule has 0 aliphatic heterocycles. The number of nitrogen functional groups attached to an aromatic ring is 1. The zero-order valence-electron chi connectivity index (χ0n) is 19.2. The average Bonchev–Trinajstić information content (AvgIpc) is 3.43. The highest BCUT2D eigenvalue weighted by atomic mass is 35.5. The van der Waals surface area contributed by atoms with Gasteiger partial charge >= 0.3 is 0 Å². The number of hydrogen-bond donors (Lipinski definition) is 3. The van der Waals surface area contributed by atoms with Crippen LogP contribution in [0.2, 0.25) is 5.02 Å². The number of anilines is 3. The molecular formula is C24H24ClN7O3. The van der Waals surface area contributed by atoms with Crippen LogP contribution in [0.1, 0.15) is 5.56 Å². The number of nitrogens with one attached hydrogen (secondary N) is 2. The van der Waals surface area contributed by atoms with Crippen molar-refractivity contribution in [3.63, 3.8) is 0 Å². The maximum atomic E-state index is 12.8. The van der Waals surface area contributed by atoms with Crippen molar-refractivity contribution in [2.45, 2.75) is 13.5 Å². The summed E-state index contributed by atoms with van der Waals surface area (Å²) in [5.41, 5.74) is 9.03. The lowest BCUT2D eigenvalue weighted by Gasteiger charge is -2.11. The third-order valence-corrected chi connectivity index (χ3v) is 5.32. The lowest BCUT2D eigenvalue weighted by Crippen LogP contribution is -2.21. The zero-order chi connectivity index (χ0) is 24.9. The van der Waals surface area contributed by atoms with Crippen molar-refractivity contribution in [3.05, 3.63) is 65.7 Å². The highest BCUT2D eigenvalue weighted by molar-refractivity contribution is 6.30. The predicted molar refractivity (Wildman–Crippen MR) is 135 cm³/mol. The second kappa shape index (κ2) is 10.3. The molecule has 2 heterocycles. The Morgan fingerprint density at radius 1 is 1.29 bits per heavy atom. The number of halogens is 1. The number of ether oxygens (including phenoxy) is 1. The molecule has 35 heavy (non-hydrogen) atoms. The average molecular weight is 494 g/mol. The molecule has 11 heteroatoms. The standard InChI is InChI=1S/C24H24ClN7O3/c1-4-11-27-23-20(24-29-22(31-35-24)15-6-8-16(25)9-7-15)21(26)32(30-23)13-19(33)28-17-12-14(2)5-10-18(17)34-3/h4-10,12H,1,11,13,26H2,2-3H3,(H,27,30)(H,28,33). The van der Waals surface area contributed by atoms with Crippen LogP contribution in [0.4, 0.5) is 17.3 Å². The molecule has 0 atom stereocenters. The van der Waals surface area contributed by atoms with E-state index in [1.54, 1.807) is 43.5 Å². The molecule has 0 bridgehead atoms. The first-order chi connectivity index (χ1) is 16.9. The number of nitrogens with zero attached hydrogens (tertiary/aromatic N) is 4. The topological polar surface area (TPSA) is 133 Å². The van der Waals surface area contributed by atoms with E-state index in [9.17, 15) is 4.79 Å². The third kappa shape index (κ3) is 5.28. The molecule has 0 unspecified atom stereocenters. The number of hydrogen-bond acceptors (Lipinski definition) is 8. The van der Waals surface area contributed by atoms with E-state index in [0.717, 1.165) is 11.1 Å². The van der Waals surface area contributed by atoms with Gasteiger partial charge < -0.3 is 25.6 Å². The molecule has 10 nitrogen and oxygen atoms in total. The monoisotopic (exact) mass is 493 g/mol. The van der Waals surface area contributed by atoms with Crippen LogP contribution in [0.25, 0.3) is 22.8 Å². The number of carbonyl (C=O) groups is 1. The Balaban J connectivity index is 1.62. The smallest absolute Gasteiger partial charge is 0.265 e. The SMILES string of the molecule is C=CCNc1nn(CC(=O)Nc2cc(C)ccc2OC)c(N)c1-c1nc(-c2ccc(Cl)cc2)no1. The van der Waals surface area contributed by atoms with Gasteiger partial charge in [-0.05, 0) is 48.9 Å². The Morgan fingerprint density at radius 2 is 2.06 bits per heavy atom. The van der Waals surface area contributed by atoms with Crippen molar-refractivity contribution >= 4 is 34.8 Å². The van der Waals surface area contributed by atoms with Gasteiger partial charge in [0.1, 0.15) is 23.7 Å². The molecule has 4 aromatic rings. The number of nitrogens with two attached hydrogens (primary N) is 1. The van der Waals surface area contributed by atoms with Crippen LogP contribution in [0, 0.1) is 6.92 Å². The fourth-order valence-corrected chi connectivity index (χ4v) is 3.51. The molecule has 0 aliphatic rings. The van der Waals surface area contributed by atoms with Crippen molar-refractivity contribution in [1.82, 2.24) is 19.9 Å². The van der Waals surface area contributed by atoms with Gasteiger partial charge in [0.15, 0.2) is 5.82 Å². The minimum absolute atomic E-state index is 0.149. The maximum absolute atomic E-state index is 12.8. The van der Waals surface area contributed by atoms with E-state index in [4.69, 9.17) is 26.6 Å². The van der Waals surface area contributed by atoms with Crippen LogP contribution in [-0.2, 0) is 11.3 Å². The van der Waals surface area contributed by atoms with Crippen molar-refractivity contribution in [1.29, 1.82) is 0 Å². The molecule has 0 aliphatic carbocycles. The molecule has 2 aromatic carbocycles. The number of aromatic nitrogens is 4. The normalized spacial score (nSPS) is 10.7. The summed E-state index contributed by atoms with van der Waals surface area (Å²) in [4.78, 5) is 17.3. The summed E-state index contributed by atoms with van der Waals surface area (Å²) in [5, 5.41) is 15.0. The molecule has 0 saturated heterocycles. The number of amides is 1. The van der Waals surface area contributed by atoms with Gasteiger partial charge in [-0.25, -0.2) is 4.68 Å². The first-order valence-electron chi connectivity index (χ1n) is 10.6. The molecule has 4 N–H and O–H groups in total. The van der Waals surface area contributed by atoms with E-state index >= 15 is 0 Å². The molecule has 4 rings (SSSR count). The first kappa shape index (κ1) is 23.8. The number of benzene rings is 2. The minimum atomic E-state index is -0.336. The van der Waals surface area contributed by atoms with Gasteiger partial charge in [0.05, 0.1) is 12.8 Å². The second-order valence-electron chi connectivity index (χ2n) is 7.62. The maximum Gasteiger partial charge on any atom is 0.265 e. The fourth-order valence-electron chi connectivity index (χ4n) is 3.39. The molecule has 0 spiro atoms. The summed E-state index contributed by atoms with van der Waals surface area (Å²) >= 11 is 5.96. The van der Waals surface area contributed by atoms with Crippen molar-refractivity contribution in [3.8, 4) is 28.6 Å². The molecule has 1 amide bonds. The molecular weight excluding hydrogens is 470 g/mol. The van der Waals surface area contributed by atoms with Crippen LogP contribution in [0.15, 0.2) is 59.6 Å². The largest absolute Gasteiger partial charge is 0.495 e. The van der Waals surface area contributed by atoms with Gasteiger partial charge in [0, 0.05) is 17.1 Å². The third-order valence-electron chi connectivity index (χ3n) is 5.07. The summed E-state index contributed by atoms with van der Waals surface area (Å²) in [6.07, 6.45) is 1.67. The van der Waals surface area contributed by atoms with Crippen molar-refractivity contribution in [2.24, 2.45) is 0 Å². The van der Waals surface area contributed by atoms with E-state index in [-0.39, 0.29) is 24.2 Å². The number of methoxy groups -OCH3 is 1. The van der Waals surface area contributed by atoms with Crippen molar-refractivity contribution in [2.75, 3.05) is 30.0 Å². The summed E-state index contributed by atoms with van der Waals surface area (Å²) in [6, 6.07) is 12.5. The Hall–Kier alpha value is -4.31. The highest BCUT2D eigenvalue weighted by Crippen LogP contribution is 2.34. The quantitative estimate of drug-likeness (QED) is 0.292. The molecule has 180 valence electrons. The molecule has 2 aromatic heterocycles. The number of aryl methyl sites for hydroxylation is 1. The van der Waals surface area contributed by atoms with Gasteiger partial charge in [0.2, 0.25) is 11.7 Å². The lowest BCUT2D eigenvalue weighted by atomic mass is 10.2. The van der Waals surface area contributed by atoms with Crippen LogP contribution < -0.4 is 21.1 Å². The summed E-state index contributed by atoms with van der Waals surface area (Å²) < 4.78 is 12.2. The van der Waals surface area contributed by atoms with Gasteiger partial charge in [-0.3, -0.25) is 4.79 Å². The van der Waals surface area contributed by atoms with E-state index in [1.807, 2.05) is 19.1 Å².